The van der Waals surface area contributed by atoms with Crippen molar-refractivity contribution in [1.82, 2.24) is 15.0 Å². The van der Waals surface area contributed by atoms with Gasteiger partial charge in [0, 0.05) is 44.6 Å². The minimum atomic E-state index is 0.466. The first-order valence-corrected chi connectivity index (χ1v) is 7.04. The lowest BCUT2D eigenvalue weighted by molar-refractivity contribution is 0.396. The van der Waals surface area contributed by atoms with Gasteiger partial charge in [0.1, 0.15) is 6.07 Å². The third kappa shape index (κ3) is 2.76. The van der Waals surface area contributed by atoms with Crippen LogP contribution in [-0.4, -0.2) is 48.2 Å². The average Bonchev–Trinajstić information content (AvgIpc) is 2.62. The molecule has 2 aromatic heterocycles. The summed E-state index contributed by atoms with van der Waals surface area (Å²) in [5, 5.41) is 9.15. The van der Waals surface area contributed by atoms with E-state index in [2.05, 4.69) is 30.8 Å². The number of rotatable bonds is 3. The lowest BCUT2D eigenvalue weighted by atomic mass is 10.2. The number of nitrogens with zero attached hydrogens (tertiary/aromatic N) is 6. The maximum atomic E-state index is 9.15. The Balaban J connectivity index is 1.71. The van der Waals surface area contributed by atoms with Gasteiger partial charge in [-0.2, -0.15) is 10.2 Å². The number of ether oxygens (including phenoxy) is 1. The number of piperazine rings is 1. The molecule has 112 valence electrons. The fourth-order valence-electron chi connectivity index (χ4n) is 2.48. The highest BCUT2D eigenvalue weighted by molar-refractivity contribution is 5.56. The molecule has 1 saturated heterocycles. The van der Waals surface area contributed by atoms with Gasteiger partial charge in [0.15, 0.2) is 5.69 Å². The van der Waals surface area contributed by atoms with Crippen LogP contribution in [-0.2, 0) is 0 Å². The van der Waals surface area contributed by atoms with Crippen LogP contribution < -0.4 is 14.5 Å². The second-order valence-electron chi connectivity index (χ2n) is 4.86. The summed E-state index contributed by atoms with van der Waals surface area (Å²) < 4.78 is 5.13. The lowest BCUT2D eigenvalue weighted by Crippen LogP contribution is -2.47. The van der Waals surface area contributed by atoms with Gasteiger partial charge in [0.05, 0.1) is 12.8 Å². The van der Waals surface area contributed by atoms with Crippen molar-refractivity contribution in [3.63, 3.8) is 0 Å². The zero-order valence-corrected chi connectivity index (χ0v) is 12.3. The Hall–Kier alpha value is -2.88. The van der Waals surface area contributed by atoms with Gasteiger partial charge < -0.3 is 14.5 Å². The second kappa shape index (κ2) is 6.26. The van der Waals surface area contributed by atoms with Gasteiger partial charge in [-0.05, 0) is 12.1 Å². The Kier molecular flexibility index (Phi) is 4.01. The third-order valence-electron chi connectivity index (χ3n) is 3.62. The second-order valence-corrected chi connectivity index (χ2v) is 4.86. The molecule has 7 heteroatoms. The number of aromatic nitrogens is 3. The Morgan fingerprint density at radius 3 is 2.59 bits per heavy atom. The molecule has 0 aromatic carbocycles. The van der Waals surface area contributed by atoms with Gasteiger partial charge in [-0.25, -0.2) is 9.97 Å². The summed E-state index contributed by atoms with van der Waals surface area (Å²) in [5.41, 5.74) is 1.35. The summed E-state index contributed by atoms with van der Waals surface area (Å²) in [7, 11) is 1.59. The van der Waals surface area contributed by atoms with Crippen LogP contribution in [0.2, 0.25) is 0 Å². The fraction of sp³-hybridized carbons (Fsp3) is 0.333. The van der Waals surface area contributed by atoms with Crippen LogP contribution in [0.5, 0.6) is 5.88 Å². The van der Waals surface area contributed by atoms with Gasteiger partial charge >= 0.3 is 0 Å². The Morgan fingerprint density at radius 2 is 1.86 bits per heavy atom. The van der Waals surface area contributed by atoms with E-state index in [1.165, 1.54) is 0 Å². The largest absolute Gasteiger partial charge is 0.481 e. The minimum Gasteiger partial charge on any atom is -0.481 e. The summed E-state index contributed by atoms with van der Waals surface area (Å²) in [5.74, 6) is 1.23. The number of pyridine rings is 1. The zero-order valence-electron chi connectivity index (χ0n) is 12.3. The third-order valence-corrected chi connectivity index (χ3v) is 3.62. The molecule has 0 saturated carbocycles. The van der Waals surface area contributed by atoms with Crippen molar-refractivity contribution in [1.29, 1.82) is 5.26 Å². The molecule has 0 atom stereocenters. The van der Waals surface area contributed by atoms with Crippen LogP contribution in [0.4, 0.5) is 11.6 Å². The molecule has 22 heavy (non-hydrogen) atoms. The number of hydrogen-bond donors (Lipinski definition) is 0. The molecular weight excluding hydrogens is 280 g/mol. The predicted molar refractivity (Wildman–Crippen MR) is 82.0 cm³/mol. The molecule has 1 aliphatic rings. The molecule has 0 N–H and O–H groups in total. The van der Waals surface area contributed by atoms with Crippen molar-refractivity contribution in [2.45, 2.75) is 0 Å². The molecular formula is C15H16N6O. The Morgan fingerprint density at radius 1 is 1.09 bits per heavy atom. The summed E-state index contributed by atoms with van der Waals surface area (Å²) in [6, 6.07) is 7.66. The summed E-state index contributed by atoms with van der Waals surface area (Å²) >= 11 is 0. The van der Waals surface area contributed by atoms with Gasteiger partial charge in [-0.15, -0.1) is 0 Å². The molecule has 1 fully saturated rings. The van der Waals surface area contributed by atoms with Crippen molar-refractivity contribution < 1.29 is 4.74 Å². The van der Waals surface area contributed by atoms with Crippen LogP contribution >= 0.6 is 0 Å². The normalized spacial score (nSPS) is 14.5. The van der Waals surface area contributed by atoms with E-state index in [-0.39, 0.29) is 0 Å². The Bertz CT molecular complexity index is 690. The number of anilines is 2. The van der Waals surface area contributed by atoms with Gasteiger partial charge in [-0.1, -0.05) is 0 Å². The first-order chi connectivity index (χ1) is 10.8. The molecule has 1 aliphatic heterocycles. The van der Waals surface area contributed by atoms with E-state index < -0.39 is 0 Å². The first kappa shape index (κ1) is 14.1. The average molecular weight is 296 g/mol. The molecule has 0 radical (unpaired) electrons. The smallest absolute Gasteiger partial charge is 0.228 e. The maximum absolute atomic E-state index is 9.15. The van der Waals surface area contributed by atoms with Crippen LogP contribution in [0.1, 0.15) is 5.69 Å². The quantitative estimate of drug-likeness (QED) is 0.838. The van der Waals surface area contributed by atoms with Crippen LogP contribution in [0, 0.1) is 11.3 Å². The monoisotopic (exact) mass is 296 g/mol. The van der Waals surface area contributed by atoms with Crippen molar-refractivity contribution in [2.75, 3.05) is 43.1 Å². The molecule has 3 rings (SSSR count). The number of hydrogen-bond acceptors (Lipinski definition) is 7. The SMILES string of the molecule is COc1ccnc(N2CCN(c3cccnc3C#N)CC2)n1. The Labute approximate surface area is 128 Å². The van der Waals surface area contributed by atoms with E-state index in [4.69, 9.17) is 10.00 Å². The van der Waals surface area contributed by atoms with Gasteiger partial charge in [-0.3, -0.25) is 0 Å². The van der Waals surface area contributed by atoms with Gasteiger partial charge in [0.2, 0.25) is 11.8 Å². The highest BCUT2D eigenvalue weighted by atomic mass is 16.5. The fourth-order valence-corrected chi connectivity index (χ4v) is 2.48. The number of methoxy groups -OCH3 is 1. The highest BCUT2D eigenvalue weighted by Gasteiger charge is 2.21. The molecule has 2 aromatic rings. The highest BCUT2D eigenvalue weighted by Crippen LogP contribution is 2.21. The van der Waals surface area contributed by atoms with E-state index in [1.54, 1.807) is 25.6 Å². The van der Waals surface area contributed by atoms with Crippen molar-refractivity contribution in [3.8, 4) is 11.9 Å². The summed E-state index contributed by atoms with van der Waals surface area (Å²) in [4.78, 5) is 17.0. The first-order valence-electron chi connectivity index (χ1n) is 7.04. The van der Waals surface area contributed by atoms with Crippen molar-refractivity contribution >= 4 is 11.6 Å². The van der Waals surface area contributed by atoms with E-state index in [0.29, 0.717) is 17.5 Å². The molecule has 0 amide bonds. The molecule has 0 bridgehead atoms. The zero-order chi connectivity index (χ0) is 15.4. The van der Waals surface area contributed by atoms with Crippen LogP contribution in [0.15, 0.2) is 30.6 Å². The maximum Gasteiger partial charge on any atom is 0.228 e. The standard InChI is InChI=1S/C15H16N6O/c1-22-14-4-6-18-15(19-14)21-9-7-20(8-10-21)13-3-2-5-17-12(13)11-16/h2-6H,7-10H2,1H3. The van der Waals surface area contributed by atoms with Crippen molar-refractivity contribution in [3.05, 3.63) is 36.3 Å². The topological polar surface area (TPSA) is 78.2 Å². The van der Waals surface area contributed by atoms with E-state index >= 15 is 0 Å². The molecule has 0 aliphatic carbocycles. The minimum absolute atomic E-state index is 0.466. The summed E-state index contributed by atoms with van der Waals surface area (Å²) in [6.45, 7) is 3.15. The summed E-state index contributed by atoms with van der Waals surface area (Å²) in [6.07, 6.45) is 3.34. The van der Waals surface area contributed by atoms with Crippen LogP contribution in [0.3, 0.4) is 0 Å². The molecule has 0 spiro atoms. The molecule has 3 heterocycles. The van der Waals surface area contributed by atoms with E-state index in [1.807, 2.05) is 12.1 Å². The van der Waals surface area contributed by atoms with Crippen LogP contribution in [0.25, 0.3) is 0 Å². The van der Waals surface area contributed by atoms with E-state index in [9.17, 15) is 0 Å². The van der Waals surface area contributed by atoms with E-state index in [0.717, 1.165) is 31.9 Å². The van der Waals surface area contributed by atoms with Gasteiger partial charge in [0.25, 0.3) is 0 Å². The molecule has 7 nitrogen and oxygen atoms in total. The predicted octanol–water partition coefficient (Wildman–Crippen LogP) is 1.08. The van der Waals surface area contributed by atoms with Crippen molar-refractivity contribution in [2.24, 2.45) is 0 Å². The number of nitriles is 1. The lowest BCUT2D eigenvalue weighted by Gasteiger charge is -2.36. The molecule has 0 unspecified atom stereocenters.